The molecule has 1 aromatic heterocycles. The molecule has 1 atom stereocenters. The van der Waals surface area contributed by atoms with Gasteiger partial charge in [-0.3, -0.25) is 0 Å². The molecule has 0 spiro atoms. The summed E-state index contributed by atoms with van der Waals surface area (Å²) in [5.74, 6) is 0. The minimum Gasteiger partial charge on any atom is -0.384 e. The Hall–Kier alpha value is -0.620. The van der Waals surface area contributed by atoms with E-state index >= 15 is 0 Å². The van der Waals surface area contributed by atoms with Crippen molar-refractivity contribution in [1.29, 1.82) is 0 Å². The lowest BCUT2D eigenvalue weighted by atomic mass is 10.0. The van der Waals surface area contributed by atoms with Crippen molar-refractivity contribution in [2.24, 2.45) is 0 Å². The van der Waals surface area contributed by atoms with Gasteiger partial charge < -0.3 is 5.11 Å². The average Bonchev–Trinajstić information content (AvgIpc) is 2.85. The molecular formula is C15H10ClIOS. The van der Waals surface area contributed by atoms with E-state index in [9.17, 15) is 5.11 Å². The second-order valence-corrected chi connectivity index (χ2v) is 6.74. The SMILES string of the molecule is OC(c1ccc(I)c(Cl)c1)c1csc2ccccc12. The van der Waals surface area contributed by atoms with Crippen molar-refractivity contribution < 1.29 is 5.11 Å². The van der Waals surface area contributed by atoms with Crippen molar-refractivity contribution in [2.45, 2.75) is 6.10 Å². The summed E-state index contributed by atoms with van der Waals surface area (Å²) in [5, 5.41) is 14.3. The molecule has 0 saturated heterocycles. The Bertz CT molecular complexity index is 738. The number of aliphatic hydroxyl groups is 1. The molecule has 1 heterocycles. The van der Waals surface area contributed by atoms with E-state index in [-0.39, 0.29) is 0 Å². The lowest BCUT2D eigenvalue weighted by Crippen LogP contribution is -1.98. The van der Waals surface area contributed by atoms with Gasteiger partial charge in [0.25, 0.3) is 0 Å². The maximum atomic E-state index is 10.5. The third-order valence-electron chi connectivity index (χ3n) is 3.06. The first-order chi connectivity index (χ1) is 9.16. The molecule has 3 rings (SSSR count). The molecule has 0 aliphatic rings. The predicted molar refractivity (Wildman–Crippen MR) is 90.1 cm³/mol. The molecule has 0 fully saturated rings. The van der Waals surface area contributed by atoms with E-state index in [0.717, 1.165) is 20.1 Å². The number of halogens is 2. The fourth-order valence-corrected chi connectivity index (χ4v) is 3.58. The van der Waals surface area contributed by atoms with Crippen LogP contribution in [0.3, 0.4) is 0 Å². The van der Waals surface area contributed by atoms with Crippen molar-refractivity contribution in [3.63, 3.8) is 0 Å². The van der Waals surface area contributed by atoms with Crippen LogP contribution in [-0.2, 0) is 0 Å². The highest BCUT2D eigenvalue weighted by atomic mass is 127. The number of thiophene rings is 1. The van der Waals surface area contributed by atoms with Gasteiger partial charge in [-0.15, -0.1) is 11.3 Å². The van der Waals surface area contributed by atoms with E-state index < -0.39 is 6.10 Å². The lowest BCUT2D eigenvalue weighted by Gasteiger charge is -2.11. The van der Waals surface area contributed by atoms with Gasteiger partial charge in [-0.2, -0.15) is 0 Å². The molecule has 0 amide bonds. The summed E-state index contributed by atoms with van der Waals surface area (Å²) >= 11 is 9.95. The number of fused-ring (bicyclic) bond motifs is 1. The molecule has 1 nitrogen and oxygen atoms in total. The van der Waals surface area contributed by atoms with Crippen molar-refractivity contribution in [2.75, 3.05) is 0 Å². The quantitative estimate of drug-likeness (QED) is 0.583. The lowest BCUT2D eigenvalue weighted by molar-refractivity contribution is 0.222. The Morgan fingerprint density at radius 3 is 2.74 bits per heavy atom. The van der Waals surface area contributed by atoms with Gasteiger partial charge in [-0.1, -0.05) is 35.9 Å². The summed E-state index contributed by atoms with van der Waals surface area (Å²) in [6.45, 7) is 0. The molecule has 0 aliphatic carbocycles. The summed E-state index contributed by atoms with van der Waals surface area (Å²) in [4.78, 5) is 0. The van der Waals surface area contributed by atoms with E-state index in [4.69, 9.17) is 11.6 Å². The zero-order valence-electron chi connectivity index (χ0n) is 9.81. The van der Waals surface area contributed by atoms with Crippen molar-refractivity contribution in [1.82, 2.24) is 0 Å². The molecule has 0 aliphatic heterocycles. The Balaban J connectivity index is 2.08. The van der Waals surface area contributed by atoms with Crippen molar-refractivity contribution in [3.05, 3.63) is 67.6 Å². The van der Waals surface area contributed by atoms with Crippen molar-refractivity contribution >= 4 is 55.6 Å². The predicted octanol–water partition coefficient (Wildman–Crippen LogP) is 5.24. The van der Waals surface area contributed by atoms with Crippen molar-refractivity contribution in [3.8, 4) is 0 Å². The summed E-state index contributed by atoms with van der Waals surface area (Å²) in [5.41, 5.74) is 1.77. The monoisotopic (exact) mass is 400 g/mol. The Morgan fingerprint density at radius 1 is 1.16 bits per heavy atom. The molecule has 1 N–H and O–H groups in total. The zero-order chi connectivity index (χ0) is 13.4. The Morgan fingerprint density at radius 2 is 1.95 bits per heavy atom. The smallest absolute Gasteiger partial charge is 0.106 e. The van der Waals surface area contributed by atoms with Crippen LogP contribution in [0.2, 0.25) is 5.02 Å². The third-order valence-corrected chi connectivity index (χ3v) is 5.62. The van der Waals surface area contributed by atoms with Crippen LogP contribution in [0.4, 0.5) is 0 Å². The van der Waals surface area contributed by atoms with E-state index in [2.05, 4.69) is 28.7 Å². The first-order valence-electron chi connectivity index (χ1n) is 5.76. The van der Waals surface area contributed by atoms with Gasteiger partial charge in [0.1, 0.15) is 6.10 Å². The summed E-state index contributed by atoms with van der Waals surface area (Å²) < 4.78 is 2.18. The van der Waals surface area contributed by atoms with Crippen LogP contribution in [0.15, 0.2) is 47.8 Å². The van der Waals surface area contributed by atoms with Crippen LogP contribution in [0.1, 0.15) is 17.2 Å². The highest BCUT2D eigenvalue weighted by Gasteiger charge is 2.15. The molecule has 19 heavy (non-hydrogen) atoms. The number of benzene rings is 2. The van der Waals surface area contributed by atoms with E-state index in [1.54, 1.807) is 11.3 Å². The normalized spacial score (nSPS) is 12.8. The molecule has 1 unspecified atom stereocenters. The number of aliphatic hydroxyl groups excluding tert-OH is 1. The fraction of sp³-hybridized carbons (Fsp3) is 0.0667. The minimum absolute atomic E-state index is 0.634. The number of hydrogen-bond donors (Lipinski definition) is 1. The number of hydrogen-bond acceptors (Lipinski definition) is 2. The zero-order valence-corrected chi connectivity index (χ0v) is 13.5. The fourth-order valence-electron chi connectivity index (χ4n) is 2.07. The van der Waals surface area contributed by atoms with Crippen LogP contribution < -0.4 is 0 Å². The van der Waals surface area contributed by atoms with E-state index in [1.165, 1.54) is 4.70 Å². The third kappa shape index (κ3) is 2.52. The maximum absolute atomic E-state index is 10.5. The standard InChI is InChI=1S/C15H10ClIOS/c16-12-7-9(5-6-13(12)17)15(18)11-8-19-14-4-2-1-3-10(11)14/h1-8,15,18H. The van der Waals surface area contributed by atoms with Crippen LogP contribution in [0.25, 0.3) is 10.1 Å². The Kier molecular flexibility index (Phi) is 3.80. The summed E-state index contributed by atoms with van der Waals surface area (Å²) in [6, 6.07) is 13.8. The summed E-state index contributed by atoms with van der Waals surface area (Å²) in [7, 11) is 0. The van der Waals surface area contributed by atoms with Gasteiger partial charge in [0.2, 0.25) is 0 Å². The topological polar surface area (TPSA) is 20.2 Å². The van der Waals surface area contributed by atoms with E-state index in [0.29, 0.717) is 5.02 Å². The first kappa shape index (κ1) is 13.4. The molecule has 3 aromatic rings. The van der Waals surface area contributed by atoms with Crippen LogP contribution in [0.5, 0.6) is 0 Å². The van der Waals surface area contributed by atoms with Crippen LogP contribution in [0, 0.1) is 3.57 Å². The van der Waals surface area contributed by atoms with E-state index in [1.807, 2.05) is 41.8 Å². The molecule has 96 valence electrons. The molecule has 4 heteroatoms. The minimum atomic E-state index is -0.634. The molecular weight excluding hydrogens is 391 g/mol. The second-order valence-electron chi connectivity index (χ2n) is 4.26. The van der Waals surface area contributed by atoms with Gasteiger partial charge in [0, 0.05) is 13.8 Å². The highest BCUT2D eigenvalue weighted by molar-refractivity contribution is 14.1. The largest absolute Gasteiger partial charge is 0.384 e. The van der Waals surface area contributed by atoms with Gasteiger partial charge in [0.05, 0.1) is 5.02 Å². The van der Waals surface area contributed by atoms with Gasteiger partial charge >= 0.3 is 0 Å². The summed E-state index contributed by atoms with van der Waals surface area (Å²) in [6.07, 6.45) is -0.634. The maximum Gasteiger partial charge on any atom is 0.106 e. The molecule has 0 saturated carbocycles. The first-order valence-corrected chi connectivity index (χ1v) is 8.09. The number of rotatable bonds is 2. The highest BCUT2D eigenvalue weighted by Crippen LogP contribution is 2.34. The molecule has 0 bridgehead atoms. The van der Waals surface area contributed by atoms with Gasteiger partial charge in [0.15, 0.2) is 0 Å². The molecule has 0 radical (unpaired) electrons. The average molecular weight is 401 g/mol. The second kappa shape index (κ2) is 5.40. The molecule has 2 aromatic carbocycles. The van der Waals surface area contributed by atoms with Crippen LogP contribution in [-0.4, -0.2) is 5.11 Å². The van der Waals surface area contributed by atoms with Gasteiger partial charge in [-0.05, 0) is 57.1 Å². The van der Waals surface area contributed by atoms with Crippen LogP contribution >= 0.6 is 45.5 Å². The van der Waals surface area contributed by atoms with Gasteiger partial charge in [-0.25, -0.2) is 0 Å². The Labute approximate surface area is 134 Å².